The Balaban J connectivity index is 2.68. The molecule has 2 rings (SSSR count). The molecule has 110 valence electrons. The first kappa shape index (κ1) is 16.7. The molecule has 0 radical (unpaired) electrons. The average molecular weight is 385 g/mol. The summed E-state index contributed by atoms with van der Waals surface area (Å²) in [5.74, 6) is -1.06. The Kier molecular flexibility index (Phi) is 5.23. The molecule has 1 N–H and O–H groups in total. The number of nitrogens with zero attached hydrogens (tertiary/aromatic N) is 1. The molecule has 0 fully saturated rings. The number of rotatable bonds is 3. The third-order valence-corrected chi connectivity index (χ3v) is 4.40. The molecule has 0 aliphatic carbocycles. The van der Waals surface area contributed by atoms with Gasteiger partial charge >= 0.3 is 5.97 Å². The van der Waals surface area contributed by atoms with Crippen LogP contribution in [0.3, 0.4) is 0 Å². The van der Waals surface area contributed by atoms with Gasteiger partial charge in [-0.05, 0) is 12.1 Å². The van der Waals surface area contributed by atoms with Crippen LogP contribution in [0.2, 0.25) is 25.1 Å². The summed E-state index contributed by atoms with van der Waals surface area (Å²) in [5, 5.41) is 10.00. The summed E-state index contributed by atoms with van der Waals surface area (Å²) in [6.07, 6.45) is 0.977. The Bertz CT molecular complexity index is 733. The van der Waals surface area contributed by atoms with E-state index in [9.17, 15) is 4.79 Å². The van der Waals surface area contributed by atoms with Crippen molar-refractivity contribution >= 4 is 64.0 Å². The van der Waals surface area contributed by atoms with Crippen molar-refractivity contribution < 1.29 is 9.90 Å². The predicted molar refractivity (Wildman–Crippen MR) is 86.1 cm³/mol. The molecule has 0 aliphatic heterocycles. The van der Waals surface area contributed by atoms with E-state index in [0.29, 0.717) is 10.6 Å². The van der Waals surface area contributed by atoms with E-state index < -0.39 is 5.97 Å². The first-order valence-corrected chi connectivity index (χ1v) is 7.39. The van der Waals surface area contributed by atoms with Crippen LogP contribution in [0.15, 0.2) is 18.3 Å². The molecule has 0 unspecified atom stereocenters. The number of hydrogen-bond donors (Lipinski definition) is 1. The van der Waals surface area contributed by atoms with E-state index in [1.54, 1.807) is 6.07 Å². The van der Waals surface area contributed by atoms with Gasteiger partial charge in [0.2, 0.25) is 0 Å². The third-order valence-electron chi connectivity index (χ3n) is 2.64. The standard InChI is InChI=1S/C13H6Cl5NO2/c14-5-1-7(11(17)8(15)2-5)13-12(18)6(3-10(20)21)9(16)4-19-13/h1-2,4H,3H2,(H,20,21). The van der Waals surface area contributed by atoms with Crippen molar-refractivity contribution in [2.75, 3.05) is 0 Å². The second-order valence-corrected chi connectivity index (χ2v) is 6.07. The highest BCUT2D eigenvalue weighted by Crippen LogP contribution is 2.40. The molecule has 1 heterocycles. The first-order chi connectivity index (χ1) is 9.81. The number of benzene rings is 1. The molecule has 0 aliphatic rings. The molecular weight excluding hydrogens is 379 g/mol. The number of aliphatic carboxylic acids is 1. The lowest BCUT2D eigenvalue weighted by atomic mass is 10.1. The highest BCUT2D eigenvalue weighted by Gasteiger charge is 2.19. The minimum atomic E-state index is -1.06. The number of carboxylic acid groups (broad SMARTS) is 1. The maximum Gasteiger partial charge on any atom is 0.307 e. The molecule has 3 nitrogen and oxygen atoms in total. The summed E-state index contributed by atoms with van der Waals surface area (Å²) in [4.78, 5) is 15.0. The third kappa shape index (κ3) is 3.55. The molecule has 0 saturated heterocycles. The van der Waals surface area contributed by atoms with Crippen LogP contribution >= 0.6 is 58.0 Å². The van der Waals surface area contributed by atoms with Gasteiger partial charge in [0, 0.05) is 22.3 Å². The summed E-state index contributed by atoms with van der Waals surface area (Å²) >= 11 is 30.2. The second kappa shape index (κ2) is 6.59. The molecule has 2 aromatic rings. The Hall–Kier alpha value is -0.710. The van der Waals surface area contributed by atoms with Crippen molar-refractivity contribution in [3.63, 3.8) is 0 Å². The fourth-order valence-corrected chi connectivity index (χ4v) is 3.00. The van der Waals surface area contributed by atoms with Crippen LogP contribution in [0.25, 0.3) is 11.3 Å². The van der Waals surface area contributed by atoms with Crippen molar-refractivity contribution in [2.24, 2.45) is 0 Å². The van der Waals surface area contributed by atoms with E-state index in [4.69, 9.17) is 63.1 Å². The zero-order valence-electron chi connectivity index (χ0n) is 10.1. The molecule has 1 aromatic carbocycles. The summed E-state index contributed by atoms with van der Waals surface area (Å²) in [5.41, 5.74) is 0.928. The van der Waals surface area contributed by atoms with Crippen molar-refractivity contribution in [1.29, 1.82) is 0 Å². The Labute approximate surface area is 145 Å². The summed E-state index contributed by atoms with van der Waals surface area (Å²) < 4.78 is 0. The Morgan fingerprint density at radius 3 is 2.33 bits per heavy atom. The lowest BCUT2D eigenvalue weighted by Crippen LogP contribution is -2.03. The highest BCUT2D eigenvalue weighted by atomic mass is 35.5. The molecule has 0 atom stereocenters. The van der Waals surface area contributed by atoms with Gasteiger partial charge < -0.3 is 5.11 Å². The average Bonchev–Trinajstić information content (AvgIpc) is 2.39. The van der Waals surface area contributed by atoms with E-state index in [1.807, 2.05) is 0 Å². The van der Waals surface area contributed by atoms with Gasteiger partial charge in [-0.25, -0.2) is 0 Å². The molecule has 0 saturated carbocycles. The Morgan fingerprint density at radius 1 is 1.05 bits per heavy atom. The lowest BCUT2D eigenvalue weighted by molar-refractivity contribution is -0.136. The van der Waals surface area contributed by atoms with Crippen LogP contribution in [0.4, 0.5) is 0 Å². The van der Waals surface area contributed by atoms with Crippen LogP contribution in [-0.4, -0.2) is 16.1 Å². The van der Waals surface area contributed by atoms with Gasteiger partial charge in [0.15, 0.2) is 0 Å². The smallest absolute Gasteiger partial charge is 0.307 e. The largest absolute Gasteiger partial charge is 0.481 e. The maximum absolute atomic E-state index is 10.9. The van der Waals surface area contributed by atoms with Crippen LogP contribution in [-0.2, 0) is 11.2 Å². The molecule has 21 heavy (non-hydrogen) atoms. The van der Waals surface area contributed by atoms with Crippen molar-refractivity contribution in [3.05, 3.63) is 49.0 Å². The number of halogens is 5. The molecular formula is C13H6Cl5NO2. The van der Waals surface area contributed by atoms with E-state index in [-0.39, 0.29) is 37.8 Å². The molecule has 0 spiro atoms. The van der Waals surface area contributed by atoms with Gasteiger partial charge in [-0.15, -0.1) is 0 Å². The van der Waals surface area contributed by atoms with Crippen LogP contribution in [0, 0.1) is 0 Å². The summed E-state index contributed by atoms with van der Waals surface area (Å²) in [6.45, 7) is 0. The number of pyridine rings is 1. The fourth-order valence-electron chi connectivity index (χ4n) is 1.73. The Morgan fingerprint density at radius 2 is 1.71 bits per heavy atom. The topological polar surface area (TPSA) is 50.2 Å². The zero-order chi connectivity index (χ0) is 15.7. The lowest BCUT2D eigenvalue weighted by Gasteiger charge is -2.12. The summed E-state index contributed by atoms with van der Waals surface area (Å²) in [7, 11) is 0. The van der Waals surface area contributed by atoms with E-state index in [0.717, 1.165) is 0 Å². The fraction of sp³-hybridized carbons (Fsp3) is 0.0769. The van der Waals surface area contributed by atoms with E-state index in [2.05, 4.69) is 4.98 Å². The van der Waals surface area contributed by atoms with Crippen LogP contribution in [0.5, 0.6) is 0 Å². The monoisotopic (exact) mass is 383 g/mol. The minimum Gasteiger partial charge on any atom is -0.481 e. The summed E-state index contributed by atoms with van der Waals surface area (Å²) in [6, 6.07) is 3.03. The van der Waals surface area contributed by atoms with Gasteiger partial charge in [-0.2, -0.15) is 0 Å². The van der Waals surface area contributed by atoms with E-state index in [1.165, 1.54) is 12.3 Å². The number of carbonyl (C=O) groups is 1. The number of aromatic nitrogens is 1. The molecule has 1 aromatic heterocycles. The predicted octanol–water partition coefficient (Wildman–Crippen LogP) is 5.64. The number of hydrogen-bond acceptors (Lipinski definition) is 2. The van der Waals surface area contributed by atoms with Crippen molar-refractivity contribution in [3.8, 4) is 11.3 Å². The zero-order valence-corrected chi connectivity index (χ0v) is 13.9. The van der Waals surface area contributed by atoms with Gasteiger partial charge in [0.05, 0.1) is 32.2 Å². The van der Waals surface area contributed by atoms with Crippen LogP contribution in [0.1, 0.15) is 5.56 Å². The van der Waals surface area contributed by atoms with Crippen LogP contribution < -0.4 is 0 Å². The normalized spacial score (nSPS) is 10.7. The molecule has 0 bridgehead atoms. The number of carboxylic acids is 1. The maximum atomic E-state index is 10.9. The molecule has 8 heteroatoms. The minimum absolute atomic E-state index is 0.102. The van der Waals surface area contributed by atoms with Gasteiger partial charge in [-0.3, -0.25) is 9.78 Å². The molecule has 0 amide bonds. The van der Waals surface area contributed by atoms with Crippen molar-refractivity contribution in [1.82, 2.24) is 4.98 Å². The van der Waals surface area contributed by atoms with Gasteiger partial charge in [-0.1, -0.05) is 58.0 Å². The SMILES string of the molecule is O=C(O)Cc1c(Cl)cnc(-c2cc(Cl)cc(Cl)c2Cl)c1Cl. The quantitative estimate of drug-likeness (QED) is 0.695. The second-order valence-electron chi connectivity index (χ2n) is 4.07. The van der Waals surface area contributed by atoms with Gasteiger partial charge in [0.25, 0.3) is 0 Å². The highest BCUT2D eigenvalue weighted by molar-refractivity contribution is 6.45. The van der Waals surface area contributed by atoms with Gasteiger partial charge in [0.1, 0.15) is 0 Å². The van der Waals surface area contributed by atoms with Crippen molar-refractivity contribution in [2.45, 2.75) is 6.42 Å². The first-order valence-electron chi connectivity index (χ1n) is 5.50. The van der Waals surface area contributed by atoms with E-state index >= 15 is 0 Å².